The summed E-state index contributed by atoms with van der Waals surface area (Å²) in [6.45, 7) is 5.94. The number of amides is 2. The van der Waals surface area contributed by atoms with Crippen LogP contribution in [0.5, 0.6) is 5.75 Å². The number of carbonyl (C=O) groups excluding carboxylic acids is 2. The summed E-state index contributed by atoms with van der Waals surface area (Å²) in [4.78, 5) is 24.5. The molecule has 7 nitrogen and oxygen atoms in total. The van der Waals surface area contributed by atoms with Gasteiger partial charge in [0.25, 0.3) is 0 Å². The summed E-state index contributed by atoms with van der Waals surface area (Å²) in [7, 11) is 1.54. The Kier molecular flexibility index (Phi) is 6.41. The summed E-state index contributed by atoms with van der Waals surface area (Å²) >= 11 is 0. The standard InChI is InChI=1S/C18H24N2O5/c1-11(2)24-9-10-25-17(21)15-12(3)19-18(22)20-16(15)13-7-5-6-8-14(13)23-4/h5-8,11,16H,9-10H2,1-4H3,(H2,19,20,22)/t16-/m0/s1. The highest BCUT2D eigenvalue weighted by Crippen LogP contribution is 2.33. The van der Waals surface area contributed by atoms with Crippen molar-refractivity contribution in [1.82, 2.24) is 10.6 Å². The lowest BCUT2D eigenvalue weighted by Gasteiger charge is -2.29. The Labute approximate surface area is 147 Å². The summed E-state index contributed by atoms with van der Waals surface area (Å²) in [6.07, 6.45) is 0.0663. The van der Waals surface area contributed by atoms with Gasteiger partial charge >= 0.3 is 12.0 Å². The van der Waals surface area contributed by atoms with Crippen molar-refractivity contribution in [2.75, 3.05) is 20.3 Å². The molecular weight excluding hydrogens is 324 g/mol. The lowest BCUT2D eigenvalue weighted by atomic mass is 9.95. The first-order valence-corrected chi connectivity index (χ1v) is 8.14. The van der Waals surface area contributed by atoms with Crippen molar-refractivity contribution >= 4 is 12.0 Å². The second kappa shape index (κ2) is 8.53. The van der Waals surface area contributed by atoms with Gasteiger partial charge in [0.15, 0.2) is 0 Å². The van der Waals surface area contributed by atoms with Gasteiger partial charge in [0.05, 0.1) is 31.4 Å². The number of methoxy groups -OCH3 is 1. The van der Waals surface area contributed by atoms with Gasteiger partial charge in [-0.3, -0.25) is 0 Å². The molecule has 0 radical (unpaired) electrons. The number of ether oxygens (including phenoxy) is 3. The van der Waals surface area contributed by atoms with E-state index in [1.165, 1.54) is 0 Å². The van der Waals surface area contributed by atoms with Gasteiger partial charge in [-0.15, -0.1) is 0 Å². The van der Waals surface area contributed by atoms with Gasteiger partial charge in [-0.2, -0.15) is 0 Å². The monoisotopic (exact) mass is 348 g/mol. The fraction of sp³-hybridized carbons (Fsp3) is 0.444. The number of benzene rings is 1. The largest absolute Gasteiger partial charge is 0.496 e. The third kappa shape index (κ3) is 4.73. The second-order valence-electron chi connectivity index (χ2n) is 5.87. The van der Waals surface area contributed by atoms with Crippen molar-refractivity contribution in [2.45, 2.75) is 32.9 Å². The van der Waals surface area contributed by atoms with Crippen LogP contribution in [-0.2, 0) is 14.3 Å². The van der Waals surface area contributed by atoms with E-state index in [1.807, 2.05) is 26.0 Å². The van der Waals surface area contributed by atoms with Crippen LogP contribution in [0.25, 0.3) is 0 Å². The van der Waals surface area contributed by atoms with E-state index in [4.69, 9.17) is 14.2 Å². The molecule has 2 amide bonds. The highest BCUT2D eigenvalue weighted by molar-refractivity contribution is 5.95. The maximum atomic E-state index is 12.6. The maximum Gasteiger partial charge on any atom is 0.338 e. The maximum absolute atomic E-state index is 12.6. The Balaban J connectivity index is 2.23. The Hall–Kier alpha value is -2.54. The van der Waals surface area contributed by atoms with E-state index in [0.717, 1.165) is 0 Å². The van der Waals surface area contributed by atoms with Crippen LogP contribution in [0.2, 0.25) is 0 Å². The number of esters is 1. The molecule has 1 aliphatic rings. The number of hydrogen-bond acceptors (Lipinski definition) is 5. The molecule has 7 heteroatoms. The highest BCUT2D eigenvalue weighted by Gasteiger charge is 2.33. The Bertz CT molecular complexity index is 669. The Morgan fingerprint density at radius 3 is 2.64 bits per heavy atom. The lowest BCUT2D eigenvalue weighted by molar-refractivity contribution is -0.141. The molecule has 0 aromatic heterocycles. The van der Waals surface area contributed by atoms with Crippen molar-refractivity contribution in [2.24, 2.45) is 0 Å². The average molecular weight is 348 g/mol. The molecule has 0 saturated carbocycles. The number of carbonyl (C=O) groups is 2. The van der Waals surface area contributed by atoms with Crippen LogP contribution in [0.15, 0.2) is 35.5 Å². The Morgan fingerprint density at radius 2 is 1.96 bits per heavy atom. The van der Waals surface area contributed by atoms with Crippen molar-refractivity contribution in [3.63, 3.8) is 0 Å². The minimum absolute atomic E-state index is 0.0663. The molecule has 1 heterocycles. The predicted molar refractivity (Wildman–Crippen MR) is 92.1 cm³/mol. The summed E-state index contributed by atoms with van der Waals surface area (Å²) in [5, 5.41) is 5.37. The van der Waals surface area contributed by atoms with Crippen LogP contribution in [0.3, 0.4) is 0 Å². The van der Waals surface area contributed by atoms with E-state index in [-0.39, 0.29) is 18.7 Å². The second-order valence-corrected chi connectivity index (χ2v) is 5.87. The predicted octanol–water partition coefficient (Wildman–Crippen LogP) is 2.29. The number of allylic oxidation sites excluding steroid dienone is 1. The lowest BCUT2D eigenvalue weighted by Crippen LogP contribution is -2.45. The minimum Gasteiger partial charge on any atom is -0.496 e. The molecule has 1 aromatic rings. The fourth-order valence-corrected chi connectivity index (χ4v) is 2.60. The molecular formula is C18H24N2O5. The molecule has 0 saturated heterocycles. The van der Waals surface area contributed by atoms with E-state index in [9.17, 15) is 9.59 Å². The smallest absolute Gasteiger partial charge is 0.338 e. The molecule has 25 heavy (non-hydrogen) atoms. The molecule has 1 aliphatic heterocycles. The van der Waals surface area contributed by atoms with Gasteiger partial charge in [-0.05, 0) is 26.8 Å². The first kappa shape index (κ1) is 18.8. The zero-order valence-electron chi connectivity index (χ0n) is 14.9. The van der Waals surface area contributed by atoms with Gasteiger partial charge < -0.3 is 24.8 Å². The van der Waals surface area contributed by atoms with E-state index in [1.54, 1.807) is 26.2 Å². The molecule has 1 aromatic carbocycles. The molecule has 0 aliphatic carbocycles. The number of rotatable bonds is 7. The van der Waals surface area contributed by atoms with Crippen LogP contribution in [0.4, 0.5) is 4.79 Å². The molecule has 0 unspecified atom stereocenters. The number of nitrogens with one attached hydrogen (secondary N) is 2. The SMILES string of the molecule is COc1ccccc1[C@@H]1NC(=O)NC(C)=C1C(=O)OCCOC(C)C. The van der Waals surface area contributed by atoms with Crippen LogP contribution >= 0.6 is 0 Å². The third-order valence-corrected chi connectivity index (χ3v) is 3.71. The van der Waals surface area contributed by atoms with Gasteiger partial charge in [0, 0.05) is 11.3 Å². The summed E-state index contributed by atoms with van der Waals surface area (Å²) < 4.78 is 16.0. The third-order valence-electron chi connectivity index (χ3n) is 3.71. The average Bonchev–Trinajstić information content (AvgIpc) is 2.57. The van der Waals surface area contributed by atoms with Crippen LogP contribution in [0, 0.1) is 0 Å². The summed E-state index contributed by atoms with van der Waals surface area (Å²) in [6, 6.07) is 6.19. The first-order chi connectivity index (χ1) is 11.9. The molecule has 0 bridgehead atoms. The van der Waals surface area contributed by atoms with Crippen molar-refractivity contribution < 1.29 is 23.8 Å². The van der Waals surface area contributed by atoms with Gasteiger partial charge in [-0.25, -0.2) is 9.59 Å². The minimum atomic E-state index is -0.650. The molecule has 2 rings (SSSR count). The van der Waals surface area contributed by atoms with Gasteiger partial charge in [0.1, 0.15) is 12.4 Å². The van der Waals surface area contributed by atoms with E-state index >= 15 is 0 Å². The van der Waals surface area contributed by atoms with Gasteiger partial charge in [0.2, 0.25) is 0 Å². The quantitative estimate of drug-likeness (QED) is 0.583. The molecule has 0 fully saturated rings. The van der Waals surface area contributed by atoms with E-state index < -0.39 is 12.0 Å². The number of para-hydroxylation sites is 1. The van der Waals surface area contributed by atoms with Crippen LogP contribution < -0.4 is 15.4 Å². The highest BCUT2D eigenvalue weighted by atomic mass is 16.6. The topological polar surface area (TPSA) is 85.9 Å². The number of urea groups is 1. The normalized spacial score (nSPS) is 17.2. The van der Waals surface area contributed by atoms with Crippen LogP contribution in [-0.4, -0.2) is 38.4 Å². The zero-order chi connectivity index (χ0) is 18.4. The van der Waals surface area contributed by atoms with E-state index in [2.05, 4.69) is 10.6 Å². The first-order valence-electron chi connectivity index (χ1n) is 8.14. The summed E-state index contributed by atoms with van der Waals surface area (Å²) in [5.41, 5.74) is 1.48. The molecule has 0 spiro atoms. The van der Waals surface area contributed by atoms with Crippen LogP contribution in [0.1, 0.15) is 32.4 Å². The molecule has 1 atom stereocenters. The van der Waals surface area contributed by atoms with Crippen molar-refractivity contribution in [3.8, 4) is 5.75 Å². The molecule has 136 valence electrons. The molecule has 2 N–H and O–H groups in total. The Morgan fingerprint density at radius 1 is 1.24 bits per heavy atom. The van der Waals surface area contributed by atoms with Crippen molar-refractivity contribution in [1.29, 1.82) is 0 Å². The number of hydrogen-bond donors (Lipinski definition) is 2. The fourth-order valence-electron chi connectivity index (χ4n) is 2.60. The summed E-state index contributed by atoms with van der Waals surface area (Å²) in [5.74, 6) is 0.0733. The van der Waals surface area contributed by atoms with Gasteiger partial charge in [-0.1, -0.05) is 18.2 Å². The zero-order valence-corrected chi connectivity index (χ0v) is 14.9. The van der Waals surface area contributed by atoms with Crippen molar-refractivity contribution in [3.05, 3.63) is 41.1 Å². The van der Waals surface area contributed by atoms with E-state index in [0.29, 0.717) is 29.2 Å².